The predicted molar refractivity (Wildman–Crippen MR) is 79.5 cm³/mol. The van der Waals surface area contributed by atoms with Crippen LogP contribution in [0.2, 0.25) is 0 Å². The third-order valence-electron chi connectivity index (χ3n) is 4.00. The third-order valence-corrected chi connectivity index (χ3v) is 4.00. The summed E-state index contributed by atoms with van der Waals surface area (Å²) in [6.45, 7) is 4.62. The van der Waals surface area contributed by atoms with Crippen molar-refractivity contribution in [3.8, 4) is 5.75 Å². The average Bonchev–Trinajstić information content (AvgIpc) is 2.46. The van der Waals surface area contributed by atoms with Crippen molar-refractivity contribution in [2.75, 3.05) is 6.61 Å². The van der Waals surface area contributed by atoms with Gasteiger partial charge in [0.05, 0.1) is 12.5 Å². The molecule has 2 heteroatoms. The van der Waals surface area contributed by atoms with E-state index in [0.717, 1.165) is 34.4 Å². The molecule has 0 aromatic heterocycles. The van der Waals surface area contributed by atoms with E-state index in [4.69, 9.17) is 4.74 Å². The van der Waals surface area contributed by atoms with Crippen molar-refractivity contribution in [2.45, 2.75) is 26.2 Å². The SMILES string of the molecule is Cc1cccc(C)c1C(=O)C1CCOc2ccccc21. The lowest BCUT2D eigenvalue weighted by molar-refractivity contribution is 0.0932. The maximum Gasteiger partial charge on any atom is 0.171 e. The first-order valence-electron chi connectivity index (χ1n) is 7.00. The number of ether oxygens (including phenoxy) is 1. The van der Waals surface area contributed by atoms with E-state index in [0.29, 0.717) is 6.61 Å². The summed E-state index contributed by atoms with van der Waals surface area (Å²) in [4.78, 5) is 12.9. The Morgan fingerprint density at radius 3 is 2.50 bits per heavy atom. The topological polar surface area (TPSA) is 26.3 Å². The summed E-state index contributed by atoms with van der Waals surface area (Å²) in [6, 6.07) is 13.9. The van der Waals surface area contributed by atoms with Crippen LogP contribution >= 0.6 is 0 Å². The quantitative estimate of drug-likeness (QED) is 0.766. The molecule has 20 heavy (non-hydrogen) atoms. The van der Waals surface area contributed by atoms with Gasteiger partial charge in [0.2, 0.25) is 0 Å². The van der Waals surface area contributed by atoms with Crippen molar-refractivity contribution in [3.63, 3.8) is 0 Å². The molecule has 1 heterocycles. The molecule has 2 aromatic carbocycles. The summed E-state index contributed by atoms with van der Waals surface area (Å²) < 4.78 is 5.65. The van der Waals surface area contributed by atoms with E-state index in [1.54, 1.807) is 0 Å². The Balaban J connectivity index is 2.05. The summed E-state index contributed by atoms with van der Waals surface area (Å²) in [5.74, 6) is 0.986. The van der Waals surface area contributed by atoms with Crippen LogP contribution in [0.4, 0.5) is 0 Å². The first-order valence-corrected chi connectivity index (χ1v) is 7.00. The first-order chi connectivity index (χ1) is 9.68. The fourth-order valence-corrected chi connectivity index (χ4v) is 2.99. The Labute approximate surface area is 119 Å². The number of para-hydroxylation sites is 1. The van der Waals surface area contributed by atoms with Crippen molar-refractivity contribution in [3.05, 3.63) is 64.7 Å². The van der Waals surface area contributed by atoms with Crippen LogP contribution in [0.1, 0.15) is 39.4 Å². The van der Waals surface area contributed by atoms with E-state index < -0.39 is 0 Å². The molecule has 1 unspecified atom stereocenters. The van der Waals surface area contributed by atoms with Gasteiger partial charge in [-0.15, -0.1) is 0 Å². The Kier molecular flexibility index (Phi) is 3.31. The van der Waals surface area contributed by atoms with E-state index in [2.05, 4.69) is 0 Å². The smallest absolute Gasteiger partial charge is 0.171 e. The standard InChI is InChI=1S/C18H18O2/c1-12-6-5-7-13(2)17(12)18(19)15-10-11-20-16-9-4-3-8-14(15)16/h3-9,15H,10-11H2,1-2H3. The molecule has 1 atom stereocenters. The maximum absolute atomic E-state index is 12.9. The van der Waals surface area contributed by atoms with Gasteiger partial charge in [-0.2, -0.15) is 0 Å². The number of hydrogen-bond acceptors (Lipinski definition) is 2. The zero-order valence-electron chi connectivity index (χ0n) is 11.8. The summed E-state index contributed by atoms with van der Waals surface area (Å²) in [7, 11) is 0. The average molecular weight is 266 g/mol. The molecule has 0 bridgehead atoms. The monoisotopic (exact) mass is 266 g/mol. The highest BCUT2D eigenvalue weighted by Gasteiger charge is 2.29. The van der Waals surface area contributed by atoms with Gasteiger partial charge in [-0.05, 0) is 37.5 Å². The fourth-order valence-electron chi connectivity index (χ4n) is 2.99. The molecule has 0 radical (unpaired) electrons. The summed E-state index contributed by atoms with van der Waals surface area (Å²) in [6.07, 6.45) is 0.754. The van der Waals surface area contributed by atoms with Crippen LogP contribution in [-0.4, -0.2) is 12.4 Å². The van der Waals surface area contributed by atoms with Crippen LogP contribution in [0.3, 0.4) is 0 Å². The van der Waals surface area contributed by atoms with Crippen LogP contribution in [0.25, 0.3) is 0 Å². The van der Waals surface area contributed by atoms with Crippen molar-refractivity contribution in [1.29, 1.82) is 0 Å². The molecule has 1 aliphatic rings. The van der Waals surface area contributed by atoms with Crippen LogP contribution in [-0.2, 0) is 0 Å². The number of rotatable bonds is 2. The minimum Gasteiger partial charge on any atom is -0.493 e. The molecule has 102 valence electrons. The molecule has 0 saturated carbocycles. The Hall–Kier alpha value is -2.09. The highest BCUT2D eigenvalue weighted by Crippen LogP contribution is 2.36. The molecule has 0 aliphatic carbocycles. The van der Waals surface area contributed by atoms with Gasteiger partial charge in [-0.3, -0.25) is 4.79 Å². The minimum absolute atomic E-state index is 0.0836. The molecular formula is C18H18O2. The molecule has 0 fully saturated rings. The molecule has 0 spiro atoms. The lowest BCUT2D eigenvalue weighted by Crippen LogP contribution is -2.22. The van der Waals surface area contributed by atoms with Crippen molar-refractivity contribution in [2.24, 2.45) is 0 Å². The van der Waals surface area contributed by atoms with Gasteiger partial charge in [0.25, 0.3) is 0 Å². The van der Waals surface area contributed by atoms with Gasteiger partial charge < -0.3 is 4.74 Å². The fraction of sp³-hybridized carbons (Fsp3) is 0.278. The van der Waals surface area contributed by atoms with E-state index in [-0.39, 0.29) is 11.7 Å². The van der Waals surface area contributed by atoms with E-state index >= 15 is 0 Å². The second-order valence-corrected chi connectivity index (χ2v) is 5.36. The number of ketones is 1. The molecular weight excluding hydrogens is 248 g/mol. The number of benzene rings is 2. The maximum atomic E-state index is 12.9. The molecule has 0 saturated heterocycles. The summed E-state index contributed by atoms with van der Waals surface area (Å²) in [5.41, 5.74) is 4.00. The molecule has 1 aliphatic heterocycles. The highest BCUT2D eigenvalue weighted by atomic mass is 16.5. The van der Waals surface area contributed by atoms with Crippen molar-refractivity contribution in [1.82, 2.24) is 0 Å². The lowest BCUT2D eigenvalue weighted by atomic mass is 9.83. The largest absolute Gasteiger partial charge is 0.493 e. The predicted octanol–water partition coefficient (Wildman–Crippen LogP) is 4.05. The van der Waals surface area contributed by atoms with Gasteiger partial charge in [-0.25, -0.2) is 0 Å². The minimum atomic E-state index is -0.0836. The first kappa shape index (κ1) is 12.9. The number of carbonyl (C=O) groups excluding carboxylic acids is 1. The lowest BCUT2D eigenvalue weighted by Gasteiger charge is -2.25. The summed E-state index contributed by atoms with van der Waals surface area (Å²) >= 11 is 0. The van der Waals surface area contributed by atoms with Crippen LogP contribution in [0.15, 0.2) is 42.5 Å². The second-order valence-electron chi connectivity index (χ2n) is 5.36. The number of hydrogen-bond donors (Lipinski definition) is 0. The van der Waals surface area contributed by atoms with Gasteiger partial charge >= 0.3 is 0 Å². The Morgan fingerprint density at radius 2 is 1.75 bits per heavy atom. The van der Waals surface area contributed by atoms with Crippen molar-refractivity contribution >= 4 is 5.78 Å². The second kappa shape index (κ2) is 5.12. The van der Waals surface area contributed by atoms with Crippen LogP contribution in [0, 0.1) is 13.8 Å². The zero-order valence-corrected chi connectivity index (χ0v) is 11.8. The normalized spacial score (nSPS) is 17.2. The van der Waals surface area contributed by atoms with Gasteiger partial charge in [0.15, 0.2) is 5.78 Å². The number of carbonyl (C=O) groups is 1. The third kappa shape index (κ3) is 2.11. The number of fused-ring (bicyclic) bond motifs is 1. The molecule has 0 N–H and O–H groups in total. The molecule has 2 nitrogen and oxygen atoms in total. The van der Waals surface area contributed by atoms with Gasteiger partial charge in [-0.1, -0.05) is 36.4 Å². The van der Waals surface area contributed by atoms with Gasteiger partial charge in [0, 0.05) is 11.1 Å². The zero-order chi connectivity index (χ0) is 14.1. The highest BCUT2D eigenvalue weighted by molar-refractivity contribution is 6.03. The Morgan fingerprint density at radius 1 is 1.05 bits per heavy atom. The molecule has 3 rings (SSSR count). The van der Waals surface area contributed by atoms with E-state index in [9.17, 15) is 4.79 Å². The summed E-state index contributed by atoms with van der Waals surface area (Å²) in [5, 5.41) is 0. The van der Waals surface area contributed by atoms with Crippen molar-refractivity contribution < 1.29 is 9.53 Å². The van der Waals surface area contributed by atoms with Crippen LogP contribution in [0.5, 0.6) is 5.75 Å². The number of aryl methyl sites for hydroxylation is 2. The molecule has 2 aromatic rings. The van der Waals surface area contributed by atoms with Crippen LogP contribution < -0.4 is 4.74 Å². The van der Waals surface area contributed by atoms with E-state index in [1.807, 2.05) is 56.3 Å². The van der Waals surface area contributed by atoms with Gasteiger partial charge in [0.1, 0.15) is 5.75 Å². The van der Waals surface area contributed by atoms with E-state index in [1.165, 1.54) is 0 Å². The Bertz CT molecular complexity index is 638. The molecule has 0 amide bonds. The number of Topliss-reactive ketones (excluding diaryl/α,β-unsaturated/α-hetero) is 1.